The van der Waals surface area contributed by atoms with E-state index in [4.69, 9.17) is 14.0 Å². The fourth-order valence-electron chi connectivity index (χ4n) is 2.58. The van der Waals surface area contributed by atoms with Crippen molar-refractivity contribution in [1.29, 1.82) is 0 Å². The Morgan fingerprint density at radius 1 is 1.31 bits per heavy atom. The minimum absolute atomic E-state index is 0.0779. The van der Waals surface area contributed by atoms with Gasteiger partial charge in [-0.05, 0) is 37.1 Å². The first-order valence-electron chi connectivity index (χ1n) is 8.46. The van der Waals surface area contributed by atoms with E-state index in [1.165, 1.54) is 6.92 Å². The average molecular weight is 359 g/mol. The van der Waals surface area contributed by atoms with Crippen LogP contribution in [0.2, 0.25) is 0 Å². The molecule has 2 heterocycles. The quantitative estimate of drug-likeness (QED) is 0.785. The number of ether oxygens (including phenoxy) is 2. The minimum Gasteiger partial charge on any atom is -0.486 e. The molecule has 2 aromatic rings. The van der Waals surface area contributed by atoms with Crippen molar-refractivity contribution < 1.29 is 23.6 Å². The second kappa shape index (κ2) is 8.48. The zero-order chi connectivity index (χ0) is 18.4. The molecule has 1 atom stereocenters. The summed E-state index contributed by atoms with van der Waals surface area (Å²) in [6.07, 6.45) is 2.06. The number of nitrogens with zero attached hydrogens (tertiary/aromatic N) is 1. The summed E-state index contributed by atoms with van der Waals surface area (Å²) in [5, 5.41) is 9.23. The number of aromatic nitrogens is 1. The van der Waals surface area contributed by atoms with Crippen molar-refractivity contribution in [2.24, 2.45) is 0 Å². The van der Waals surface area contributed by atoms with Crippen molar-refractivity contribution in [3.63, 3.8) is 0 Å². The molecule has 8 heteroatoms. The lowest BCUT2D eigenvalue weighted by molar-refractivity contribution is -0.114. The summed E-state index contributed by atoms with van der Waals surface area (Å²) in [5.41, 5.74) is 0.900. The van der Waals surface area contributed by atoms with Crippen molar-refractivity contribution in [3.05, 3.63) is 41.8 Å². The van der Waals surface area contributed by atoms with E-state index >= 15 is 0 Å². The molecule has 1 saturated heterocycles. The van der Waals surface area contributed by atoms with Crippen molar-refractivity contribution >= 4 is 17.5 Å². The van der Waals surface area contributed by atoms with Crippen LogP contribution in [0.4, 0.5) is 5.69 Å². The molecule has 0 bridgehead atoms. The van der Waals surface area contributed by atoms with Gasteiger partial charge in [0.15, 0.2) is 11.5 Å². The second-order valence-corrected chi connectivity index (χ2v) is 6.02. The van der Waals surface area contributed by atoms with E-state index < -0.39 is 0 Å². The smallest absolute Gasteiger partial charge is 0.273 e. The molecule has 3 rings (SSSR count). The highest BCUT2D eigenvalue weighted by Crippen LogP contribution is 2.17. The molecule has 0 spiro atoms. The number of benzene rings is 1. The van der Waals surface area contributed by atoms with Gasteiger partial charge in [0.05, 0.1) is 6.10 Å². The fraction of sp³-hybridized carbons (Fsp3) is 0.389. The first kappa shape index (κ1) is 17.9. The minimum atomic E-state index is -0.296. The molecule has 2 N–H and O–H groups in total. The number of nitrogens with one attached hydrogen (secondary N) is 2. The van der Waals surface area contributed by atoms with Crippen LogP contribution in [0, 0.1) is 0 Å². The Bertz CT molecular complexity index is 750. The molecule has 0 radical (unpaired) electrons. The van der Waals surface area contributed by atoms with Crippen LogP contribution in [0.25, 0.3) is 0 Å². The first-order chi connectivity index (χ1) is 12.6. The van der Waals surface area contributed by atoms with Crippen molar-refractivity contribution in [1.82, 2.24) is 10.5 Å². The monoisotopic (exact) mass is 359 g/mol. The third-order valence-corrected chi connectivity index (χ3v) is 3.86. The fourth-order valence-corrected chi connectivity index (χ4v) is 2.58. The van der Waals surface area contributed by atoms with E-state index in [1.807, 2.05) is 0 Å². The predicted octanol–water partition coefficient (Wildman–Crippen LogP) is 2.12. The number of anilines is 1. The predicted molar refractivity (Wildman–Crippen MR) is 92.9 cm³/mol. The van der Waals surface area contributed by atoms with Crippen LogP contribution in [-0.4, -0.2) is 36.2 Å². The van der Waals surface area contributed by atoms with E-state index in [2.05, 4.69) is 15.8 Å². The van der Waals surface area contributed by atoms with Gasteiger partial charge >= 0.3 is 0 Å². The van der Waals surface area contributed by atoms with Gasteiger partial charge in [-0.15, -0.1) is 0 Å². The lowest BCUT2D eigenvalue weighted by Gasteiger charge is -2.09. The summed E-state index contributed by atoms with van der Waals surface area (Å²) in [4.78, 5) is 23.0. The van der Waals surface area contributed by atoms with Gasteiger partial charge in [-0.1, -0.05) is 5.16 Å². The highest BCUT2D eigenvalue weighted by Gasteiger charge is 2.18. The molecule has 26 heavy (non-hydrogen) atoms. The molecule has 8 nitrogen and oxygen atoms in total. The number of rotatable bonds is 7. The standard InChI is InChI=1S/C18H21N3O5/c1-12(22)20-13-4-6-14(7-5-13)25-11-16-9-17(21-26-16)18(23)19-10-15-3-2-8-24-15/h4-7,9,15H,2-3,8,10-11H2,1H3,(H,19,23)(H,20,22)/t15-/m1/s1. The van der Waals surface area contributed by atoms with Crippen molar-refractivity contribution in [3.8, 4) is 5.75 Å². The number of hydrogen-bond acceptors (Lipinski definition) is 6. The Morgan fingerprint density at radius 2 is 2.12 bits per heavy atom. The first-order valence-corrected chi connectivity index (χ1v) is 8.46. The van der Waals surface area contributed by atoms with Gasteiger partial charge in [0.25, 0.3) is 5.91 Å². The Hall–Kier alpha value is -2.87. The lowest BCUT2D eigenvalue weighted by atomic mass is 10.2. The van der Waals surface area contributed by atoms with Gasteiger partial charge in [-0.25, -0.2) is 0 Å². The number of carbonyl (C=O) groups excluding carboxylic acids is 2. The summed E-state index contributed by atoms with van der Waals surface area (Å²) >= 11 is 0. The van der Waals surface area contributed by atoms with E-state index in [9.17, 15) is 9.59 Å². The third kappa shape index (κ3) is 5.06. The summed E-state index contributed by atoms with van der Waals surface area (Å²) in [6.45, 7) is 2.81. The van der Waals surface area contributed by atoms with Gasteiger partial charge < -0.3 is 24.6 Å². The molecule has 2 amide bonds. The molecule has 1 aliphatic rings. The van der Waals surface area contributed by atoms with Crippen LogP contribution in [0.15, 0.2) is 34.9 Å². The zero-order valence-corrected chi connectivity index (χ0v) is 14.5. The van der Waals surface area contributed by atoms with Crippen LogP contribution in [-0.2, 0) is 16.1 Å². The summed E-state index contributed by atoms with van der Waals surface area (Å²) < 4.78 is 16.2. The summed E-state index contributed by atoms with van der Waals surface area (Å²) in [6, 6.07) is 8.49. The molecule has 1 aliphatic heterocycles. The SMILES string of the molecule is CC(=O)Nc1ccc(OCc2cc(C(=O)NC[C@H]3CCCO3)no2)cc1. The van der Waals surface area contributed by atoms with Gasteiger partial charge in [0.2, 0.25) is 5.91 Å². The van der Waals surface area contributed by atoms with Crippen LogP contribution in [0.5, 0.6) is 5.75 Å². The van der Waals surface area contributed by atoms with Crippen LogP contribution >= 0.6 is 0 Å². The Balaban J connectivity index is 1.47. The normalized spacial score (nSPS) is 16.3. The highest BCUT2D eigenvalue weighted by atomic mass is 16.5. The van der Waals surface area contributed by atoms with E-state index in [1.54, 1.807) is 30.3 Å². The molecule has 138 valence electrons. The zero-order valence-electron chi connectivity index (χ0n) is 14.5. The molecule has 0 unspecified atom stereocenters. The summed E-state index contributed by atoms with van der Waals surface area (Å²) in [5.74, 6) is 0.624. The molecule has 1 aromatic carbocycles. The molecule has 1 fully saturated rings. The lowest BCUT2D eigenvalue weighted by Crippen LogP contribution is -2.31. The Kier molecular flexibility index (Phi) is 5.85. The Labute approximate surface area is 150 Å². The van der Waals surface area contributed by atoms with E-state index in [0.717, 1.165) is 19.4 Å². The van der Waals surface area contributed by atoms with Gasteiger partial charge in [0.1, 0.15) is 12.4 Å². The van der Waals surface area contributed by atoms with E-state index in [-0.39, 0.29) is 30.2 Å². The van der Waals surface area contributed by atoms with E-state index in [0.29, 0.717) is 23.7 Å². The van der Waals surface area contributed by atoms with Gasteiger partial charge in [-0.2, -0.15) is 0 Å². The van der Waals surface area contributed by atoms with Gasteiger partial charge in [-0.3, -0.25) is 9.59 Å². The molecular weight excluding hydrogens is 338 g/mol. The molecule has 1 aromatic heterocycles. The molecule has 0 saturated carbocycles. The molecular formula is C18H21N3O5. The largest absolute Gasteiger partial charge is 0.486 e. The maximum absolute atomic E-state index is 12.1. The van der Waals surface area contributed by atoms with Crippen LogP contribution in [0.1, 0.15) is 36.0 Å². The highest BCUT2D eigenvalue weighted by molar-refractivity contribution is 5.92. The molecule has 0 aliphatic carbocycles. The van der Waals surface area contributed by atoms with Crippen LogP contribution < -0.4 is 15.4 Å². The Morgan fingerprint density at radius 3 is 2.81 bits per heavy atom. The second-order valence-electron chi connectivity index (χ2n) is 6.02. The number of hydrogen-bond donors (Lipinski definition) is 2. The van der Waals surface area contributed by atoms with Crippen LogP contribution in [0.3, 0.4) is 0 Å². The topological polar surface area (TPSA) is 103 Å². The summed E-state index contributed by atoms with van der Waals surface area (Å²) in [7, 11) is 0. The maximum atomic E-state index is 12.1. The number of carbonyl (C=O) groups is 2. The van der Waals surface area contributed by atoms with Crippen molar-refractivity contribution in [2.75, 3.05) is 18.5 Å². The van der Waals surface area contributed by atoms with Gasteiger partial charge in [0, 0.05) is 31.8 Å². The maximum Gasteiger partial charge on any atom is 0.273 e. The van der Waals surface area contributed by atoms with Crippen molar-refractivity contribution in [2.45, 2.75) is 32.5 Å². The number of amides is 2. The average Bonchev–Trinajstić information content (AvgIpc) is 3.30. The third-order valence-electron chi connectivity index (χ3n) is 3.86.